The molecule has 0 bridgehead atoms. The molecule has 3 atom stereocenters. The highest BCUT2D eigenvalue weighted by atomic mass is 16.5. The number of carbonyl (C=O) groups is 1. The highest BCUT2D eigenvalue weighted by Crippen LogP contribution is 2.31. The summed E-state index contributed by atoms with van der Waals surface area (Å²) in [7, 11) is 0. The number of morpholine rings is 1. The number of carbonyl (C=O) groups excluding carboxylic acids is 1. The first kappa shape index (κ1) is 12.6. The van der Waals surface area contributed by atoms with Crippen molar-refractivity contribution in [2.45, 2.75) is 24.6 Å². The number of aliphatic hydroxyl groups is 1. The second kappa shape index (κ2) is 5.28. The third-order valence-electron chi connectivity index (χ3n) is 3.74. The van der Waals surface area contributed by atoms with E-state index in [9.17, 15) is 9.90 Å². The van der Waals surface area contributed by atoms with Crippen molar-refractivity contribution < 1.29 is 14.6 Å². The first-order chi connectivity index (χ1) is 9.25. The van der Waals surface area contributed by atoms with Crippen molar-refractivity contribution in [3.8, 4) is 0 Å². The van der Waals surface area contributed by atoms with Gasteiger partial charge in [-0.3, -0.25) is 4.79 Å². The third kappa shape index (κ3) is 2.49. The number of amides is 1. The van der Waals surface area contributed by atoms with Gasteiger partial charge in [0.2, 0.25) is 5.91 Å². The summed E-state index contributed by atoms with van der Waals surface area (Å²) in [5, 5.41) is 16.1. The average molecular weight is 262 g/mol. The van der Waals surface area contributed by atoms with E-state index in [2.05, 4.69) is 10.6 Å². The number of fused-ring (bicyclic) bond motifs is 1. The van der Waals surface area contributed by atoms with Crippen LogP contribution in [0.25, 0.3) is 0 Å². The van der Waals surface area contributed by atoms with Crippen molar-refractivity contribution in [1.82, 2.24) is 10.6 Å². The van der Waals surface area contributed by atoms with Crippen molar-refractivity contribution in [2.75, 3.05) is 19.8 Å². The van der Waals surface area contributed by atoms with Crippen molar-refractivity contribution in [3.05, 3.63) is 35.4 Å². The largest absolute Gasteiger partial charge is 0.390 e. The summed E-state index contributed by atoms with van der Waals surface area (Å²) in [6.45, 7) is 1.71. The molecule has 1 aliphatic carbocycles. The fourth-order valence-corrected chi connectivity index (χ4v) is 2.74. The second-order valence-corrected chi connectivity index (χ2v) is 5.04. The molecule has 102 valence electrons. The van der Waals surface area contributed by atoms with E-state index in [4.69, 9.17) is 4.74 Å². The first-order valence-corrected chi connectivity index (χ1v) is 6.63. The molecule has 5 nitrogen and oxygen atoms in total. The highest BCUT2D eigenvalue weighted by molar-refractivity contribution is 5.82. The van der Waals surface area contributed by atoms with Gasteiger partial charge in [0.25, 0.3) is 0 Å². The predicted molar refractivity (Wildman–Crippen MR) is 69.6 cm³/mol. The summed E-state index contributed by atoms with van der Waals surface area (Å²) in [6, 6.07) is 7.19. The Balaban J connectivity index is 1.71. The van der Waals surface area contributed by atoms with Crippen molar-refractivity contribution in [2.24, 2.45) is 0 Å². The summed E-state index contributed by atoms with van der Waals surface area (Å²) in [4.78, 5) is 12.1. The fourth-order valence-electron chi connectivity index (χ4n) is 2.74. The molecule has 1 amide bonds. The molecule has 0 saturated carbocycles. The van der Waals surface area contributed by atoms with Gasteiger partial charge in [0.15, 0.2) is 0 Å². The zero-order valence-corrected chi connectivity index (χ0v) is 10.6. The topological polar surface area (TPSA) is 70.6 Å². The summed E-state index contributed by atoms with van der Waals surface area (Å²) in [6.07, 6.45) is 0.0428. The average Bonchev–Trinajstić information content (AvgIpc) is 2.76. The summed E-state index contributed by atoms with van der Waals surface area (Å²) < 4.78 is 5.28. The fraction of sp³-hybridized carbons (Fsp3) is 0.500. The quantitative estimate of drug-likeness (QED) is 0.687. The minimum atomic E-state index is -0.550. The Hall–Kier alpha value is -1.43. The molecule has 1 aliphatic heterocycles. The Labute approximate surface area is 112 Å². The molecule has 1 aromatic carbocycles. The first-order valence-electron chi connectivity index (χ1n) is 6.63. The molecule has 2 aliphatic rings. The highest BCUT2D eigenvalue weighted by Gasteiger charge is 2.33. The molecule has 5 heteroatoms. The van der Waals surface area contributed by atoms with Gasteiger partial charge >= 0.3 is 0 Å². The van der Waals surface area contributed by atoms with Gasteiger partial charge in [-0.25, -0.2) is 0 Å². The molecule has 1 unspecified atom stereocenters. The number of nitrogens with one attached hydrogen (secondary N) is 2. The van der Waals surface area contributed by atoms with E-state index in [1.165, 1.54) is 0 Å². The molecule has 1 saturated heterocycles. The van der Waals surface area contributed by atoms with E-state index >= 15 is 0 Å². The Bertz CT molecular complexity index is 472. The molecular weight excluding hydrogens is 244 g/mol. The summed E-state index contributed by atoms with van der Waals surface area (Å²) in [5.74, 6) is -0.111. The monoisotopic (exact) mass is 262 g/mol. The third-order valence-corrected chi connectivity index (χ3v) is 3.74. The number of hydrogen-bond donors (Lipinski definition) is 3. The molecule has 0 aromatic heterocycles. The number of benzene rings is 1. The van der Waals surface area contributed by atoms with E-state index in [0.717, 1.165) is 11.1 Å². The lowest BCUT2D eigenvalue weighted by Crippen LogP contribution is -2.52. The molecule has 3 N–H and O–H groups in total. The van der Waals surface area contributed by atoms with Crippen LogP contribution in [0.3, 0.4) is 0 Å². The maximum absolute atomic E-state index is 12.1. The van der Waals surface area contributed by atoms with Crippen molar-refractivity contribution in [1.29, 1.82) is 0 Å². The van der Waals surface area contributed by atoms with Gasteiger partial charge in [0, 0.05) is 13.0 Å². The van der Waals surface area contributed by atoms with Crippen molar-refractivity contribution in [3.63, 3.8) is 0 Å². The number of rotatable bonds is 2. The van der Waals surface area contributed by atoms with Gasteiger partial charge in [-0.05, 0) is 11.1 Å². The Morgan fingerprint density at radius 1 is 1.42 bits per heavy atom. The summed E-state index contributed by atoms with van der Waals surface area (Å²) >= 11 is 0. The molecule has 0 spiro atoms. The molecule has 19 heavy (non-hydrogen) atoms. The van der Waals surface area contributed by atoms with Crippen LogP contribution in [-0.4, -0.2) is 42.9 Å². The zero-order chi connectivity index (χ0) is 13.2. The normalized spacial score (nSPS) is 29.8. The predicted octanol–water partition coefficient (Wildman–Crippen LogP) is -0.251. The standard InChI is InChI=1S/C14H18N2O3/c17-12-7-9-3-1-2-4-10(9)13(12)16-14(18)11-8-19-6-5-15-11/h1-4,11-13,15,17H,5-8H2,(H,16,18)/t11?,12-,13+/m1/s1. The molecule has 0 radical (unpaired) electrons. The maximum Gasteiger partial charge on any atom is 0.240 e. The number of aliphatic hydroxyl groups excluding tert-OH is 1. The zero-order valence-electron chi connectivity index (χ0n) is 10.6. The number of hydrogen-bond acceptors (Lipinski definition) is 4. The molecule has 1 fully saturated rings. The van der Waals surface area contributed by atoms with Gasteiger partial charge in [0.1, 0.15) is 6.04 Å². The second-order valence-electron chi connectivity index (χ2n) is 5.04. The Morgan fingerprint density at radius 2 is 2.26 bits per heavy atom. The van der Waals surface area contributed by atoms with Crippen LogP contribution in [0.5, 0.6) is 0 Å². The lowest BCUT2D eigenvalue weighted by Gasteiger charge is -2.26. The lowest BCUT2D eigenvalue weighted by molar-refractivity contribution is -0.127. The minimum absolute atomic E-state index is 0.111. The van der Waals surface area contributed by atoms with Gasteiger partial charge in [0.05, 0.1) is 25.4 Å². The van der Waals surface area contributed by atoms with Crippen LogP contribution in [0.15, 0.2) is 24.3 Å². The van der Waals surface area contributed by atoms with E-state index in [0.29, 0.717) is 26.2 Å². The number of ether oxygens (including phenoxy) is 1. The lowest BCUT2D eigenvalue weighted by atomic mass is 10.1. The van der Waals surface area contributed by atoms with Crippen LogP contribution < -0.4 is 10.6 Å². The summed E-state index contributed by atoms with van der Waals surface area (Å²) in [5.41, 5.74) is 2.12. The van der Waals surface area contributed by atoms with Gasteiger partial charge in [-0.15, -0.1) is 0 Å². The molecular formula is C14H18N2O3. The van der Waals surface area contributed by atoms with Crippen LogP contribution in [0.1, 0.15) is 17.2 Å². The molecule has 1 heterocycles. The van der Waals surface area contributed by atoms with Crippen LogP contribution in [-0.2, 0) is 16.0 Å². The van der Waals surface area contributed by atoms with E-state index < -0.39 is 6.10 Å². The van der Waals surface area contributed by atoms with E-state index in [1.54, 1.807) is 0 Å². The Morgan fingerprint density at radius 3 is 3.05 bits per heavy atom. The smallest absolute Gasteiger partial charge is 0.240 e. The van der Waals surface area contributed by atoms with E-state index in [-0.39, 0.29) is 18.0 Å². The van der Waals surface area contributed by atoms with E-state index in [1.807, 2.05) is 24.3 Å². The van der Waals surface area contributed by atoms with Crippen LogP contribution in [0.2, 0.25) is 0 Å². The van der Waals surface area contributed by atoms with Gasteiger partial charge in [-0.2, -0.15) is 0 Å². The molecule has 1 aromatic rings. The van der Waals surface area contributed by atoms with Crippen molar-refractivity contribution >= 4 is 5.91 Å². The van der Waals surface area contributed by atoms with Crippen LogP contribution >= 0.6 is 0 Å². The minimum Gasteiger partial charge on any atom is -0.390 e. The maximum atomic E-state index is 12.1. The molecule has 3 rings (SSSR count). The van der Waals surface area contributed by atoms with Gasteiger partial charge in [-0.1, -0.05) is 24.3 Å². The van der Waals surface area contributed by atoms with Crippen LogP contribution in [0, 0.1) is 0 Å². The Kier molecular flexibility index (Phi) is 3.50. The van der Waals surface area contributed by atoms with Gasteiger partial charge < -0.3 is 20.5 Å². The SMILES string of the molecule is O=C(N[C@H]1c2ccccc2C[C@H]1O)C1COCCN1. The van der Waals surface area contributed by atoms with Crippen LogP contribution in [0.4, 0.5) is 0 Å².